The summed E-state index contributed by atoms with van der Waals surface area (Å²) in [5, 5.41) is 24.2. The molecule has 3 atom stereocenters. The third-order valence-corrected chi connectivity index (χ3v) is 8.86. The number of methoxy groups -OCH3 is 1. The number of benzene rings is 4. The summed E-state index contributed by atoms with van der Waals surface area (Å²) in [5.41, 5.74) is 5.01. The van der Waals surface area contributed by atoms with Gasteiger partial charge >= 0.3 is 0 Å². The molecule has 2 amide bonds. The number of fused-ring (bicyclic) bond motifs is 10. The van der Waals surface area contributed by atoms with E-state index in [-0.39, 0.29) is 24.4 Å². The Morgan fingerprint density at radius 2 is 1.46 bits per heavy atom. The predicted octanol–water partition coefficient (Wildman–Crippen LogP) is 5.29. The van der Waals surface area contributed by atoms with Crippen molar-refractivity contribution in [2.75, 3.05) is 7.11 Å². The first-order chi connectivity index (χ1) is 20.0. The highest BCUT2D eigenvalue weighted by Gasteiger charge is 2.42. The van der Waals surface area contributed by atoms with Gasteiger partial charge in [-0.3, -0.25) is 14.5 Å². The van der Waals surface area contributed by atoms with Crippen LogP contribution in [0.3, 0.4) is 0 Å². The highest BCUT2D eigenvalue weighted by molar-refractivity contribution is 6.39. The van der Waals surface area contributed by atoms with Gasteiger partial charge in [-0.1, -0.05) is 48.5 Å². The van der Waals surface area contributed by atoms with Gasteiger partial charge in [-0.15, -0.1) is 0 Å². The summed E-state index contributed by atoms with van der Waals surface area (Å²) in [6, 6.07) is 22.9. The molecular formula is C33H27N3O5. The number of rotatable bonds is 4. The van der Waals surface area contributed by atoms with E-state index in [1.807, 2.05) is 72.8 Å². The molecule has 41 heavy (non-hydrogen) atoms. The second kappa shape index (κ2) is 8.67. The largest absolute Gasteiger partial charge is 0.497 e. The van der Waals surface area contributed by atoms with Gasteiger partial charge in [0, 0.05) is 38.6 Å². The molecule has 0 saturated heterocycles. The molecular weight excluding hydrogens is 518 g/mol. The van der Waals surface area contributed by atoms with Gasteiger partial charge in [-0.05, 0) is 42.7 Å². The van der Waals surface area contributed by atoms with Crippen LogP contribution in [0, 0.1) is 0 Å². The van der Waals surface area contributed by atoms with Crippen LogP contribution in [0.15, 0.2) is 72.8 Å². The van der Waals surface area contributed by atoms with Gasteiger partial charge in [0.25, 0.3) is 11.8 Å². The second-order valence-corrected chi connectivity index (χ2v) is 11.1. The molecule has 1 aliphatic carbocycles. The van der Waals surface area contributed by atoms with Crippen LogP contribution in [0.1, 0.15) is 45.2 Å². The van der Waals surface area contributed by atoms with Gasteiger partial charge < -0.3 is 24.5 Å². The van der Waals surface area contributed by atoms with Crippen molar-refractivity contribution in [1.29, 1.82) is 0 Å². The molecule has 0 bridgehead atoms. The number of imide groups is 1. The number of nitrogens with zero attached hydrogens (tertiary/aromatic N) is 2. The molecule has 2 aliphatic rings. The number of nitrogens with one attached hydrogen (secondary N) is 1. The zero-order valence-electron chi connectivity index (χ0n) is 22.3. The maximum atomic E-state index is 14.3. The Hall–Kier alpha value is -4.66. The third kappa shape index (κ3) is 3.29. The standard InChI is InChI=1S/C33H27N3O5/c1-41-19-12-10-17(11-13-19)16-35-32(39)28-26-20-6-2-4-8-22(20)34-30(26)31-27(29(28)33(35)40)21-7-3-5-9-23(21)36(31)18-14-24(37)25(38)15-18/h2-13,18,24-25,34,37-38H,14-16H2,1H3/t18?,24-,25+. The number of ether oxygens (including phenoxy) is 1. The zero-order chi connectivity index (χ0) is 28.0. The molecule has 0 spiro atoms. The number of carbonyl (C=O) groups excluding carboxylic acids is 2. The lowest BCUT2D eigenvalue weighted by Crippen LogP contribution is -2.29. The summed E-state index contributed by atoms with van der Waals surface area (Å²) in [6.07, 6.45) is -0.867. The average molecular weight is 546 g/mol. The lowest BCUT2D eigenvalue weighted by molar-refractivity contribution is 0.0438. The van der Waals surface area contributed by atoms with E-state index >= 15 is 0 Å². The number of hydrogen-bond acceptors (Lipinski definition) is 5. The van der Waals surface area contributed by atoms with E-state index in [1.54, 1.807) is 7.11 Å². The van der Waals surface area contributed by atoms with Gasteiger partial charge in [0.05, 0.1) is 48.0 Å². The second-order valence-electron chi connectivity index (χ2n) is 11.1. The van der Waals surface area contributed by atoms with E-state index in [1.165, 1.54) is 4.90 Å². The van der Waals surface area contributed by atoms with Crippen LogP contribution in [0.4, 0.5) is 0 Å². The van der Waals surface area contributed by atoms with Crippen molar-refractivity contribution in [1.82, 2.24) is 14.5 Å². The summed E-state index contributed by atoms with van der Waals surface area (Å²) < 4.78 is 7.43. The molecule has 2 aromatic heterocycles. The minimum absolute atomic E-state index is 0.140. The smallest absolute Gasteiger partial charge is 0.262 e. The summed E-state index contributed by atoms with van der Waals surface area (Å²) in [6.45, 7) is 0.140. The predicted molar refractivity (Wildman–Crippen MR) is 156 cm³/mol. The number of H-pyrrole nitrogens is 1. The van der Waals surface area contributed by atoms with E-state index < -0.39 is 12.2 Å². The first-order valence-corrected chi connectivity index (χ1v) is 13.8. The quantitative estimate of drug-likeness (QED) is 0.261. The van der Waals surface area contributed by atoms with Gasteiger partial charge in [0.2, 0.25) is 0 Å². The number of aliphatic hydroxyl groups is 2. The molecule has 0 radical (unpaired) electrons. The maximum absolute atomic E-state index is 14.3. The molecule has 6 aromatic rings. The fraction of sp³-hybridized carbons (Fsp3) is 0.212. The van der Waals surface area contributed by atoms with Gasteiger partial charge in [0.1, 0.15) is 5.75 Å². The minimum atomic E-state index is -0.827. The van der Waals surface area contributed by atoms with Crippen molar-refractivity contribution < 1.29 is 24.5 Å². The SMILES string of the molecule is COc1ccc(CN2C(=O)c3c(c4c5ccccc5n(C5C[C@@H](O)[C@@H](O)C5)c4c4[nH]c5ccccc5c34)C2=O)cc1. The van der Waals surface area contributed by atoms with Crippen LogP contribution in [0.2, 0.25) is 0 Å². The molecule has 1 fully saturated rings. The van der Waals surface area contributed by atoms with E-state index in [4.69, 9.17) is 4.74 Å². The highest BCUT2D eigenvalue weighted by atomic mass is 16.5. The number of carbonyl (C=O) groups is 2. The lowest BCUT2D eigenvalue weighted by Gasteiger charge is -2.16. The number of aliphatic hydroxyl groups excluding tert-OH is 2. The van der Waals surface area contributed by atoms with Crippen molar-refractivity contribution in [3.63, 3.8) is 0 Å². The van der Waals surface area contributed by atoms with Crippen LogP contribution in [0.25, 0.3) is 43.6 Å². The number of aromatic nitrogens is 2. The summed E-state index contributed by atoms with van der Waals surface area (Å²) in [4.78, 5) is 33.4. The molecule has 1 saturated carbocycles. The Bertz CT molecular complexity index is 2050. The van der Waals surface area contributed by atoms with Crippen molar-refractivity contribution in [2.24, 2.45) is 0 Å². The molecule has 3 heterocycles. The normalized spacial score (nSPS) is 20.8. The topological polar surface area (TPSA) is 108 Å². The first kappa shape index (κ1) is 24.2. The molecule has 204 valence electrons. The third-order valence-electron chi connectivity index (χ3n) is 8.86. The molecule has 3 N–H and O–H groups in total. The van der Waals surface area contributed by atoms with Crippen LogP contribution in [-0.4, -0.2) is 55.8 Å². The fourth-order valence-electron chi connectivity index (χ4n) is 7.00. The van der Waals surface area contributed by atoms with Gasteiger partial charge in [-0.25, -0.2) is 0 Å². The maximum Gasteiger partial charge on any atom is 0.262 e. The number of hydrogen-bond donors (Lipinski definition) is 3. The first-order valence-electron chi connectivity index (χ1n) is 13.8. The Morgan fingerprint density at radius 1 is 0.829 bits per heavy atom. The molecule has 8 nitrogen and oxygen atoms in total. The van der Waals surface area contributed by atoms with Crippen LogP contribution in [0.5, 0.6) is 5.75 Å². The van der Waals surface area contributed by atoms with Crippen molar-refractivity contribution in [3.05, 3.63) is 89.5 Å². The van der Waals surface area contributed by atoms with E-state index in [0.717, 1.165) is 49.2 Å². The number of aromatic amines is 1. The van der Waals surface area contributed by atoms with Gasteiger partial charge in [-0.2, -0.15) is 0 Å². The van der Waals surface area contributed by atoms with E-state index in [0.29, 0.717) is 29.7 Å². The minimum Gasteiger partial charge on any atom is -0.497 e. The molecule has 1 unspecified atom stereocenters. The van der Waals surface area contributed by atoms with Crippen LogP contribution in [-0.2, 0) is 6.54 Å². The molecule has 4 aromatic carbocycles. The lowest BCUT2D eigenvalue weighted by atomic mass is 9.96. The Balaban J connectivity index is 1.46. The van der Waals surface area contributed by atoms with E-state index in [2.05, 4.69) is 9.55 Å². The molecule has 8 heteroatoms. The van der Waals surface area contributed by atoms with Crippen molar-refractivity contribution in [2.45, 2.75) is 37.6 Å². The Morgan fingerprint density at radius 3 is 2.17 bits per heavy atom. The summed E-state index contributed by atoms with van der Waals surface area (Å²) in [7, 11) is 1.60. The fourth-order valence-corrected chi connectivity index (χ4v) is 7.00. The van der Waals surface area contributed by atoms with Crippen molar-refractivity contribution in [3.8, 4) is 5.75 Å². The monoisotopic (exact) mass is 545 g/mol. The van der Waals surface area contributed by atoms with Gasteiger partial charge in [0.15, 0.2) is 0 Å². The highest BCUT2D eigenvalue weighted by Crippen LogP contribution is 2.47. The van der Waals surface area contributed by atoms with Crippen molar-refractivity contribution >= 4 is 55.4 Å². The average Bonchev–Trinajstić information content (AvgIpc) is 3.70. The Kier molecular flexibility index (Phi) is 5.11. The van der Waals surface area contributed by atoms with Crippen LogP contribution >= 0.6 is 0 Å². The van der Waals surface area contributed by atoms with E-state index in [9.17, 15) is 19.8 Å². The Labute approximate surface area is 234 Å². The zero-order valence-corrected chi connectivity index (χ0v) is 22.3. The number of para-hydroxylation sites is 2. The summed E-state index contributed by atoms with van der Waals surface area (Å²) in [5.74, 6) is 0.0571. The summed E-state index contributed by atoms with van der Waals surface area (Å²) >= 11 is 0. The molecule has 1 aliphatic heterocycles. The number of amides is 2. The molecule has 8 rings (SSSR count). The van der Waals surface area contributed by atoms with Crippen LogP contribution < -0.4 is 4.74 Å².